The van der Waals surface area contributed by atoms with Crippen LogP contribution in [0.1, 0.15) is 5.56 Å². The molecule has 2 heterocycles. The Labute approximate surface area is 130 Å². The van der Waals surface area contributed by atoms with Crippen LogP contribution in [0.4, 0.5) is 0 Å². The first-order valence-corrected chi connectivity index (χ1v) is 7.05. The molecule has 1 N–H and O–H groups in total. The lowest BCUT2D eigenvalue weighted by atomic mass is 10.1. The Morgan fingerprint density at radius 2 is 1.74 bits per heavy atom. The number of aromatic nitrogens is 2. The number of ketones is 1. The molecule has 2 aromatic heterocycles. The van der Waals surface area contributed by atoms with Crippen LogP contribution in [0.5, 0.6) is 5.75 Å². The molecular weight excluding hydrogens is 296 g/mol. The molecule has 0 saturated heterocycles. The molecule has 3 aromatic rings. The Morgan fingerprint density at radius 1 is 1.00 bits per heavy atom. The minimum atomic E-state index is -0.629. The van der Waals surface area contributed by atoms with E-state index in [2.05, 4.69) is 0 Å². The fraction of sp³-hybridized carbons (Fsp3) is 0.118. The summed E-state index contributed by atoms with van der Waals surface area (Å²) in [5.74, 6) is -0.747. The van der Waals surface area contributed by atoms with E-state index in [9.17, 15) is 19.5 Å². The third-order valence-corrected chi connectivity index (χ3v) is 3.56. The van der Waals surface area contributed by atoms with E-state index in [1.807, 2.05) is 30.3 Å². The van der Waals surface area contributed by atoms with Gasteiger partial charge in [0.05, 0.1) is 6.54 Å². The lowest BCUT2D eigenvalue weighted by Crippen LogP contribution is -2.27. The van der Waals surface area contributed by atoms with Crippen molar-refractivity contribution in [2.24, 2.45) is 0 Å². The molecule has 23 heavy (non-hydrogen) atoms. The molecule has 6 nitrogen and oxygen atoms in total. The zero-order valence-electron chi connectivity index (χ0n) is 12.2. The first-order chi connectivity index (χ1) is 11.1. The van der Waals surface area contributed by atoms with Crippen LogP contribution in [-0.2, 0) is 17.8 Å². The highest BCUT2D eigenvalue weighted by molar-refractivity contribution is 5.80. The molecule has 0 spiro atoms. The third kappa shape index (κ3) is 2.91. The maximum atomic E-state index is 12.4. The summed E-state index contributed by atoms with van der Waals surface area (Å²) in [4.78, 5) is 36.0. The monoisotopic (exact) mass is 310 g/mol. The van der Waals surface area contributed by atoms with E-state index in [4.69, 9.17) is 0 Å². The Kier molecular flexibility index (Phi) is 3.80. The first-order valence-electron chi connectivity index (χ1n) is 7.05. The molecule has 6 heteroatoms. The van der Waals surface area contributed by atoms with Gasteiger partial charge in [0.15, 0.2) is 17.0 Å². The van der Waals surface area contributed by atoms with Gasteiger partial charge in [-0.1, -0.05) is 30.3 Å². The molecule has 3 rings (SSSR count). The van der Waals surface area contributed by atoms with Gasteiger partial charge < -0.3 is 14.1 Å². The van der Waals surface area contributed by atoms with Gasteiger partial charge in [-0.25, -0.2) is 0 Å². The zero-order valence-corrected chi connectivity index (χ0v) is 12.2. The second kappa shape index (κ2) is 5.92. The van der Waals surface area contributed by atoms with E-state index < -0.39 is 16.7 Å². The average molecular weight is 310 g/mol. The van der Waals surface area contributed by atoms with Crippen LogP contribution < -0.4 is 11.0 Å². The van der Waals surface area contributed by atoms with Crippen LogP contribution in [0.15, 0.2) is 64.6 Å². The Morgan fingerprint density at radius 3 is 2.48 bits per heavy atom. The van der Waals surface area contributed by atoms with Crippen molar-refractivity contribution >= 4 is 11.3 Å². The molecule has 0 saturated carbocycles. The minimum absolute atomic E-state index is 0.118. The van der Waals surface area contributed by atoms with E-state index in [1.165, 1.54) is 33.6 Å². The van der Waals surface area contributed by atoms with Crippen LogP contribution in [0.2, 0.25) is 0 Å². The molecule has 0 amide bonds. The smallest absolute Gasteiger partial charge is 0.279 e. The summed E-state index contributed by atoms with van der Waals surface area (Å²) in [7, 11) is 0. The third-order valence-electron chi connectivity index (χ3n) is 3.56. The second-order valence-corrected chi connectivity index (χ2v) is 5.22. The molecule has 0 bridgehead atoms. The predicted octanol–water partition coefficient (Wildman–Crippen LogP) is 0.979. The molecule has 0 fully saturated rings. The van der Waals surface area contributed by atoms with Crippen molar-refractivity contribution in [1.29, 1.82) is 0 Å². The van der Waals surface area contributed by atoms with Gasteiger partial charge in [0.25, 0.3) is 5.56 Å². The SMILES string of the molecule is O=C(Cc1ccccc1)Cn1ccn2ccc(=O)c(O)c2c1=O. The van der Waals surface area contributed by atoms with E-state index in [1.54, 1.807) is 0 Å². The van der Waals surface area contributed by atoms with Crippen molar-refractivity contribution in [1.82, 2.24) is 8.97 Å². The average Bonchev–Trinajstić information content (AvgIpc) is 2.54. The Balaban J connectivity index is 1.93. The fourth-order valence-corrected chi connectivity index (χ4v) is 2.43. The van der Waals surface area contributed by atoms with Gasteiger partial charge in [-0.15, -0.1) is 0 Å². The standard InChI is InChI=1S/C17H14N2O4/c20-13(10-12-4-2-1-3-5-12)11-19-9-8-18-7-6-14(21)16(22)15(18)17(19)23/h1-9,22H,10-11H2. The van der Waals surface area contributed by atoms with Crippen LogP contribution in [0, 0.1) is 0 Å². The largest absolute Gasteiger partial charge is 0.503 e. The van der Waals surface area contributed by atoms with Crippen LogP contribution in [0.3, 0.4) is 0 Å². The maximum absolute atomic E-state index is 12.4. The lowest BCUT2D eigenvalue weighted by Gasteiger charge is -2.08. The molecule has 116 valence electrons. The number of aromatic hydroxyl groups is 1. The summed E-state index contributed by atoms with van der Waals surface area (Å²) in [5.41, 5.74) is -0.475. The Bertz CT molecular complexity index is 987. The normalized spacial score (nSPS) is 10.8. The summed E-state index contributed by atoms with van der Waals surface area (Å²) in [5, 5.41) is 9.80. The Hall–Kier alpha value is -3.15. The van der Waals surface area contributed by atoms with Gasteiger partial charge in [0.2, 0.25) is 5.43 Å². The molecule has 0 radical (unpaired) electrons. The first kappa shape index (κ1) is 14.8. The van der Waals surface area contributed by atoms with Crippen molar-refractivity contribution < 1.29 is 9.90 Å². The van der Waals surface area contributed by atoms with Crippen molar-refractivity contribution in [2.75, 3.05) is 0 Å². The van der Waals surface area contributed by atoms with Crippen LogP contribution >= 0.6 is 0 Å². The number of fused-ring (bicyclic) bond motifs is 1. The van der Waals surface area contributed by atoms with Crippen LogP contribution in [0.25, 0.3) is 5.52 Å². The van der Waals surface area contributed by atoms with Crippen molar-refractivity contribution in [3.8, 4) is 5.75 Å². The maximum Gasteiger partial charge on any atom is 0.279 e. The van der Waals surface area contributed by atoms with Gasteiger partial charge in [0, 0.05) is 31.1 Å². The molecule has 1 aromatic carbocycles. The molecule has 0 aliphatic carbocycles. The zero-order chi connectivity index (χ0) is 16.4. The molecule has 0 aliphatic rings. The summed E-state index contributed by atoms with van der Waals surface area (Å²) in [6, 6.07) is 10.4. The fourth-order valence-electron chi connectivity index (χ4n) is 2.43. The van der Waals surface area contributed by atoms with Gasteiger partial charge in [-0.3, -0.25) is 14.4 Å². The highest BCUT2D eigenvalue weighted by atomic mass is 16.3. The number of carbonyl (C=O) groups excluding carboxylic acids is 1. The molecule has 0 unspecified atom stereocenters. The quantitative estimate of drug-likeness (QED) is 0.779. The number of hydrogen-bond donors (Lipinski definition) is 1. The van der Waals surface area contributed by atoms with Crippen molar-refractivity contribution in [3.63, 3.8) is 0 Å². The lowest BCUT2D eigenvalue weighted by molar-refractivity contribution is -0.119. The number of carbonyl (C=O) groups is 1. The van der Waals surface area contributed by atoms with E-state index in [-0.39, 0.29) is 24.3 Å². The number of Topliss-reactive ketones (excluding diaryl/α,β-unsaturated/α-hetero) is 1. The number of nitrogens with zero attached hydrogens (tertiary/aromatic N) is 2. The number of hydrogen-bond acceptors (Lipinski definition) is 4. The number of rotatable bonds is 4. The summed E-state index contributed by atoms with van der Waals surface area (Å²) < 4.78 is 2.55. The predicted molar refractivity (Wildman–Crippen MR) is 84.7 cm³/mol. The second-order valence-electron chi connectivity index (χ2n) is 5.22. The molecule has 0 atom stereocenters. The van der Waals surface area contributed by atoms with Gasteiger partial charge in [-0.05, 0) is 5.56 Å². The van der Waals surface area contributed by atoms with Gasteiger partial charge >= 0.3 is 0 Å². The number of pyridine rings is 1. The molecular formula is C17H14N2O4. The summed E-state index contributed by atoms with van der Waals surface area (Å²) in [6.07, 6.45) is 4.59. The van der Waals surface area contributed by atoms with E-state index in [0.29, 0.717) is 0 Å². The highest BCUT2D eigenvalue weighted by Crippen LogP contribution is 2.08. The van der Waals surface area contributed by atoms with Crippen molar-refractivity contribution in [3.05, 3.63) is 81.1 Å². The highest BCUT2D eigenvalue weighted by Gasteiger charge is 2.12. The van der Waals surface area contributed by atoms with Crippen LogP contribution in [-0.4, -0.2) is 19.9 Å². The van der Waals surface area contributed by atoms with Gasteiger partial charge in [0.1, 0.15) is 0 Å². The van der Waals surface area contributed by atoms with E-state index in [0.717, 1.165) is 5.56 Å². The summed E-state index contributed by atoms with van der Waals surface area (Å²) in [6.45, 7) is -0.118. The van der Waals surface area contributed by atoms with Gasteiger partial charge in [-0.2, -0.15) is 0 Å². The number of benzene rings is 1. The van der Waals surface area contributed by atoms with Crippen molar-refractivity contribution in [2.45, 2.75) is 13.0 Å². The summed E-state index contributed by atoms with van der Waals surface area (Å²) >= 11 is 0. The van der Waals surface area contributed by atoms with E-state index >= 15 is 0 Å². The molecule has 0 aliphatic heterocycles. The minimum Gasteiger partial charge on any atom is -0.503 e. The topological polar surface area (TPSA) is 80.8 Å².